The second-order valence-electron chi connectivity index (χ2n) is 4.44. The zero-order valence-electron chi connectivity index (χ0n) is 10.6. The Labute approximate surface area is 114 Å². The minimum atomic E-state index is -0.204. The van der Waals surface area contributed by atoms with Gasteiger partial charge < -0.3 is 10.1 Å². The molecule has 0 heterocycles. The second kappa shape index (κ2) is 7.39. The van der Waals surface area contributed by atoms with Crippen LogP contribution in [0.15, 0.2) is 30.3 Å². The highest BCUT2D eigenvalue weighted by Crippen LogP contribution is 2.20. The van der Waals surface area contributed by atoms with Crippen molar-refractivity contribution in [1.82, 2.24) is 5.32 Å². The van der Waals surface area contributed by atoms with E-state index >= 15 is 0 Å². The van der Waals surface area contributed by atoms with Crippen LogP contribution in [0, 0.1) is 0 Å². The summed E-state index contributed by atoms with van der Waals surface area (Å²) in [6.45, 7) is 2.28. The maximum Gasteiger partial charge on any atom is 0.323 e. The summed E-state index contributed by atoms with van der Waals surface area (Å²) in [5.74, 6) is -0.136. The van der Waals surface area contributed by atoms with Gasteiger partial charge in [-0.05, 0) is 31.7 Å². The van der Waals surface area contributed by atoms with Crippen molar-refractivity contribution in [2.45, 2.75) is 38.3 Å². The van der Waals surface area contributed by atoms with Crippen molar-refractivity contribution in [3.8, 4) is 0 Å². The molecule has 1 aromatic rings. The summed E-state index contributed by atoms with van der Waals surface area (Å²) in [7, 11) is 0. The van der Waals surface area contributed by atoms with Crippen molar-refractivity contribution >= 4 is 18.4 Å². The fourth-order valence-corrected chi connectivity index (χ4v) is 1.84. The zero-order chi connectivity index (χ0) is 12.1. The number of hydrogen-bond acceptors (Lipinski definition) is 3. The van der Waals surface area contributed by atoms with Gasteiger partial charge in [0, 0.05) is 6.04 Å². The Morgan fingerprint density at radius 1 is 1.39 bits per heavy atom. The minimum absolute atomic E-state index is 0. The van der Waals surface area contributed by atoms with Gasteiger partial charge in [-0.15, -0.1) is 12.4 Å². The number of esters is 1. The van der Waals surface area contributed by atoms with Gasteiger partial charge in [0.25, 0.3) is 0 Å². The Morgan fingerprint density at radius 2 is 2.06 bits per heavy atom. The molecule has 1 atom stereocenters. The van der Waals surface area contributed by atoms with E-state index in [4.69, 9.17) is 4.74 Å². The molecule has 4 heteroatoms. The monoisotopic (exact) mass is 269 g/mol. The molecule has 1 aromatic carbocycles. The first-order valence-electron chi connectivity index (χ1n) is 6.26. The van der Waals surface area contributed by atoms with Gasteiger partial charge in [-0.25, -0.2) is 0 Å². The average molecular weight is 270 g/mol. The van der Waals surface area contributed by atoms with Crippen molar-refractivity contribution in [3.63, 3.8) is 0 Å². The lowest BCUT2D eigenvalue weighted by Crippen LogP contribution is -2.41. The van der Waals surface area contributed by atoms with E-state index in [0.29, 0.717) is 19.1 Å². The molecule has 2 rings (SSSR count). The number of carbonyl (C=O) groups is 1. The molecule has 0 aliphatic heterocycles. The molecule has 1 aliphatic rings. The second-order valence-corrected chi connectivity index (χ2v) is 4.44. The SMILES string of the molecule is CCOC(=O)C(Cc1ccccc1)NC1CC1.Cl. The maximum atomic E-state index is 11.8. The van der Waals surface area contributed by atoms with Crippen LogP contribution in [-0.2, 0) is 16.0 Å². The number of hydrogen-bond donors (Lipinski definition) is 1. The summed E-state index contributed by atoms with van der Waals surface area (Å²) < 4.78 is 5.10. The molecule has 0 saturated heterocycles. The molecule has 0 radical (unpaired) electrons. The normalized spacial score (nSPS) is 15.6. The summed E-state index contributed by atoms with van der Waals surface area (Å²) in [4.78, 5) is 11.8. The van der Waals surface area contributed by atoms with Crippen molar-refractivity contribution < 1.29 is 9.53 Å². The number of nitrogens with one attached hydrogen (secondary N) is 1. The smallest absolute Gasteiger partial charge is 0.323 e. The Balaban J connectivity index is 0.00000162. The highest BCUT2D eigenvalue weighted by Gasteiger charge is 2.29. The van der Waals surface area contributed by atoms with Crippen LogP contribution in [-0.4, -0.2) is 24.7 Å². The maximum absolute atomic E-state index is 11.8. The molecule has 1 N–H and O–H groups in total. The molecule has 100 valence electrons. The third-order valence-corrected chi connectivity index (χ3v) is 2.87. The minimum Gasteiger partial charge on any atom is -0.465 e. The predicted octanol–water partition coefficient (Wildman–Crippen LogP) is 2.33. The summed E-state index contributed by atoms with van der Waals surface area (Å²) in [5.41, 5.74) is 1.17. The van der Waals surface area contributed by atoms with Gasteiger partial charge in [-0.3, -0.25) is 4.79 Å². The van der Waals surface area contributed by atoms with Crippen LogP contribution in [0.4, 0.5) is 0 Å². The standard InChI is InChI=1S/C14H19NO2.ClH/c1-2-17-14(16)13(15-12-8-9-12)10-11-6-4-3-5-7-11;/h3-7,12-13,15H,2,8-10H2,1H3;1H. The van der Waals surface area contributed by atoms with Crippen LogP contribution >= 0.6 is 12.4 Å². The lowest BCUT2D eigenvalue weighted by molar-refractivity contribution is -0.145. The van der Waals surface area contributed by atoms with Crippen molar-refractivity contribution in [2.24, 2.45) is 0 Å². The molecule has 0 aromatic heterocycles. The summed E-state index contributed by atoms with van der Waals surface area (Å²) in [6, 6.07) is 10.4. The molecule has 0 amide bonds. The van der Waals surface area contributed by atoms with Gasteiger partial charge in [0.1, 0.15) is 6.04 Å². The van der Waals surface area contributed by atoms with E-state index in [2.05, 4.69) is 5.32 Å². The van der Waals surface area contributed by atoms with Crippen LogP contribution < -0.4 is 5.32 Å². The lowest BCUT2D eigenvalue weighted by Gasteiger charge is -2.16. The first kappa shape index (κ1) is 15.0. The van der Waals surface area contributed by atoms with Gasteiger partial charge in [-0.1, -0.05) is 30.3 Å². The van der Waals surface area contributed by atoms with E-state index in [0.717, 1.165) is 0 Å². The Bertz CT molecular complexity index is 365. The first-order chi connectivity index (χ1) is 8.29. The lowest BCUT2D eigenvalue weighted by atomic mass is 10.1. The number of rotatable bonds is 6. The van der Waals surface area contributed by atoms with E-state index in [1.165, 1.54) is 18.4 Å². The molecule has 1 unspecified atom stereocenters. The molecule has 1 fully saturated rings. The Kier molecular flexibility index (Phi) is 6.16. The van der Waals surface area contributed by atoms with Crippen molar-refractivity contribution in [2.75, 3.05) is 6.61 Å². The van der Waals surface area contributed by atoms with E-state index in [1.807, 2.05) is 37.3 Å². The van der Waals surface area contributed by atoms with Crippen molar-refractivity contribution in [3.05, 3.63) is 35.9 Å². The highest BCUT2D eigenvalue weighted by atomic mass is 35.5. The van der Waals surface area contributed by atoms with Crippen LogP contribution in [0.25, 0.3) is 0 Å². The predicted molar refractivity (Wildman–Crippen MR) is 74.0 cm³/mol. The molecule has 0 bridgehead atoms. The molecule has 18 heavy (non-hydrogen) atoms. The van der Waals surface area contributed by atoms with Gasteiger partial charge in [-0.2, -0.15) is 0 Å². The van der Waals surface area contributed by atoms with E-state index in [1.54, 1.807) is 0 Å². The molecular weight excluding hydrogens is 250 g/mol. The number of ether oxygens (including phenoxy) is 1. The number of benzene rings is 1. The van der Waals surface area contributed by atoms with Gasteiger partial charge in [0.05, 0.1) is 6.61 Å². The summed E-state index contributed by atoms with van der Waals surface area (Å²) in [5, 5.41) is 3.35. The molecule has 1 saturated carbocycles. The largest absolute Gasteiger partial charge is 0.465 e. The first-order valence-corrected chi connectivity index (χ1v) is 6.26. The molecule has 0 spiro atoms. The van der Waals surface area contributed by atoms with Crippen LogP contribution in [0.2, 0.25) is 0 Å². The Hall–Kier alpha value is -1.06. The number of carbonyl (C=O) groups excluding carboxylic acids is 1. The topological polar surface area (TPSA) is 38.3 Å². The van der Waals surface area contributed by atoms with Crippen LogP contribution in [0.1, 0.15) is 25.3 Å². The van der Waals surface area contributed by atoms with E-state index < -0.39 is 0 Å². The van der Waals surface area contributed by atoms with E-state index in [9.17, 15) is 4.79 Å². The number of halogens is 1. The fourth-order valence-electron chi connectivity index (χ4n) is 1.84. The quantitative estimate of drug-likeness (QED) is 0.806. The van der Waals surface area contributed by atoms with E-state index in [-0.39, 0.29) is 24.4 Å². The molecule has 3 nitrogen and oxygen atoms in total. The van der Waals surface area contributed by atoms with Crippen LogP contribution in [0.5, 0.6) is 0 Å². The van der Waals surface area contributed by atoms with Gasteiger partial charge in [0.15, 0.2) is 0 Å². The van der Waals surface area contributed by atoms with Crippen LogP contribution in [0.3, 0.4) is 0 Å². The Morgan fingerprint density at radius 3 is 2.61 bits per heavy atom. The summed E-state index contributed by atoms with van der Waals surface area (Å²) in [6.07, 6.45) is 3.05. The highest BCUT2D eigenvalue weighted by molar-refractivity contribution is 5.85. The zero-order valence-corrected chi connectivity index (χ0v) is 11.4. The van der Waals surface area contributed by atoms with Crippen molar-refractivity contribution in [1.29, 1.82) is 0 Å². The fraction of sp³-hybridized carbons (Fsp3) is 0.500. The third-order valence-electron chi connectivity index (χ3n) is 2.87. The molecular formula is C14H20ClNO2. The van der Waals surface area contributed by atoms with Gasteiger partial charge in [0.2, 0.25) is 0 Å². The summed E-state index contributed by atoms with van der Waals surface area (Å²) >= 11 is 0. The molecule has 1 aliphatic carbocycles. The van der Waals surface area contributed by atoms with Gasteiger partial charge >= 0.3 is 5.97 Å². The third kappa shape index (κ3) is 4.67. The average Bonchev–Trinajstić information content (AvgIpc) is 3.14.